The maximum absolute atomic E-state index is 2.43. The first-order valence-electron chi connectivity index (χ1n) is 8.41. The molecule has 22 heavy (non-hydrogen) atoms. The summed E-state index contributed by atoms with van der Waals surface area (Å²) in [6.45, 7) is 13.8. The summed E-state index contributed by atoms with van der Waals surface area (Å²) in [6.07, 6.45) is 2.24. The van der Waals surface area contributed by atoms with Gasteiger partial charge in [0.05, 0.1) is 0 Å². The predicted octanol–water partition coefficient (Wildman–Crippen LogP) is 6.20. The first-order valence-corrected chi connectivity index (χ1v) is 8.41. The van der Waals surface area contributed by atoms with E-state index in [0.717, 1.165) is 12.8 Å². The number of aryl methyl sites for hydroxylation is 1. The normalized spacial score (nSPS) is 14.6. The van der Waals surface area contributed by atoms with E-state index < -0.39 is 0 Å². The maximum Gasteiger partial charge on any atom is -0.00373 e. The zero-order chi connectivity index (χ0) is 16.4. The Labute approximate surface area is 136 Å². The summed E-state index contributed by atoms with van der Waals surface area (Å²) in [7, 11) is 0. The van der Waals surface area contributed by atoms with Crippen molar-refractivity contribution < 1.29 is 0 Å². The van der Waals surface area contributed by atoms with Crippen LogP contribution >= 0.6 is 0 Å². The Balaban J connectivity index is 2.44. The Morgan fingerprint density at radius 3 is 1.95 bits per heavy atom. The van der Waals surface area contributed by atoms with Gasteiger partial charge in [-0.3, -0.25) is 0 Å². The van der Waals surface area contributed by atoms with Crippen LogP contribution in [0.3, 0.4) is 0 Å². The lowest BCUT2D eigenvalue weighted by Gasteiger charge is -2.32. The van der Waals surface area contributed by atoms with Crippen LogP contribution in [0.5, 0.6) is 0 Å². The van der Waals surface area contributed by atoms with Gasteiger partial charge in [0.1, 0.15) is 0 Å². The molecule has 0 nitrogen and oxygen atoms in total. The first kappa shape index (κ1) is 16.8. The van der Waals surface area contributed by atoms with E-state index in [1.807, 2.05) is 0 Å². The minimum atomic E-state index is 0.188. The molecule has 0 amide bonds. The molecule has 1 unspecified atom stereocenters. The second-order valence-corrected chi connectivity index (χ2v) is 7.91. The molecule has 0 heterocycles. The maximum atomic E-state index is 2.43. The fraction of sp³-hybridized carbons (Fsp3) is 0.455. The fourth-order valence-electron chi connectivity index (χ4n) is 3.04. The van der Waals surface area contributed by atoms with Crippen LogP contribution in [0.2, 0.25) is 0 Å². The summed E-state index contributed by atoms with van der Waals surface area (Å²) < 4.78 is 0. The molecule has 0 spiro atoms. The van der Waals surface area contributed by atoms with E-state index in [2.05, 4.69) is 90.1 Å². The third-order valence-electron chi connectivity index (χ3n) is 4.86. The quantitative estimate of drug-likeness (QED) is 0.629. The molecule has 0 aromatic heterocycles. The van der Waals surface area contributed by atoms with Gasteiger partial charge in [0.15, 0.2) is 0 Å². The third-order valence-corrected chi connectivity index (χ3v) is 4.86. The van der Waals surface area contributed by atoms with Crippen LogP contribution in [0.4, 0.5) is 0 Å². The van der Waals surface area contributed by atoms with Crippen LogP contribution in [0.1, 0.15) is 63.3 Å². The van der Waals surface area contributed by atoms with E-state index in [1.165, 1.54) is 22.3 Å². The van der Waals surface area contributed by atoms with E-state index in [4.69, 9.17) is 0 Å². The predicted molar refractivity (Wildman–Crippen MR) is 97.7 cm³/mol. The molecule has 0 N–H and O–H groups in total. The molecule has 0 aliphatic carbocycles. The van der Waals surface area contributed by atoms with Crippen molar-refractivity contribution in [3.05, 3.63) is 70.8 Å². The lowest BCUT2D eigenvalue weighted by molar-refractivity contribution is 0.449. The van der Waals surface area contributed by atoms with Gasteiger partial charge in [0, 0.05) is 0 Å². The van der Waals surface area contributed by atoms with Crippen LogP contribution in [0.25, 0.3) is 0 Å². The molecule has 0 radical (unpaired) electrons. The Morgan fingerprint density at radius 2 is 1.41 bits per heavy atom. The summed E-state index contributed by atoms with van der Waals surface area (Å²) in [5.74, 6) is 0. The van der Waals surface area contributed by atoms with Crippen molar-refractivity contribution in [1.29, 1.82) is 0 Å². The molecule has 0 fully saturated rings. The highest BCUT2D eigenvalue weighted by Crippen LogP contribution is 2.35. The Kier molecular flexibility index (Phi) is 4.80. The second-order valence-electron chi connectivity index (χ2n) is 7.91. The van der Waals surface area contributed by atoms with E-state index in [9.17, 15) is 0 Å². The lowest BCUT2D eigenvalue weighted by Crippen LogP contribution is -2.25. The van der Waals surface area contributed by atoms with Crippen molar-refractivity contribution in [2.75, 3.05) is 0 Å². The SMILES string of the molecule is CCC(C)(Cc1ccccc1)c1cc(C)cc(C(C)(C)C)c1. The molecule has 2 aromatic rings. The standard InChI is InChI=1S/C22H30/c1-7-22(6,16-18-11-9-8-10-12-18)20-14-17(2)13-19(15-20)21(3,4)5/h8-15H,7,16H2,1-6H3. The molecule has 118 valence electrons. The zero-order valence-corrected chi connectivity index (χ0v) is 15.0. The molecule has 0 heteroatoms. The molecule has 0 bridgehead atoms. The second kappa shape index (κ2) is 6.28. The molecule has 0 aliphatic heterocycles. The lowest BCUT2D eigenvalue weighted by atomic mass is 9.73. The van der Waals surface area contributed by atoms with Gasteiger partial charge in [0.2, 0.25) is 0 Å². The minimum Gasteiger partial charge on any atom is -0.0645 e. The van der Waals surface area contributed by atoms with Gasteiger partial charge < -0.3 is 0 Å². The molecule has 0 saturated carbocycles. The monoisotopic (exact) mass is 294 g/mol. The van der Waals surface area contributed by atoms with Gasteiger partial charge >= 0.3 is 0 Å². The van der Waals surface area contributed by atoms with Crippen LogP contribution < -0.4 is 0 Å². The average molecular weight is 294 g/mol. The molecular formula is C22H30. The Morgan fingerprint density at radius 1 is 0.818 bits per heavy atom. The van der Waals surface area contributed by atoms with Crippen molar-refractivity contribution in [2.24, 2.45) is 0 Å². The number of hydrogen-bond acceptors (Lipinski definition) is 0. The van der Waals surface area contributed by atoms with Crippen molar-refractivity contribution >= 4 is 0 Å². The third kappa shape index (κ3) is 3.80. The van der Waals surface area contributed by atoms with Crippen LogP contribution in [0.15, 0.2) is 48.5 Å². The van der Waals surface area contributed by atoms with Gasteiger partial charge in [-0.1, -0.05) is 88.7 Å². The van der Waals surface area contributed by atoms with Gasteiger partial charge in [-0.25, -0.2) is 0 Å². The van der Waals surface area contributed by atoms with Crippen molar-refractivity contribution in [2.45, 2.75) is 65.2 Å². The van der Waals surface area contributed by atoms with Crippen LogP contribution in [-0.4, -0.2) is 0 Å². The Hall–Kier alpha value is -1.56. The summed E-state index contributed by atoms with van der Waals surface area (Å²) >= 11 is 0. The highest BCUT2D eigenvalue weighted by Gasteiger charge is 2.27. The number of benzene rings is 2. The highest BCUT2D eigenvalue weighted by molar-refractivity contribution is 5.38. The van der Waals surface area contributed by atoms with Crippen LogP contribution in [0, 0.1) is 6.92 Å². The van der Waals surface area contributed by atoms with E-state index >= 15 is 0 Å². The number of rotatable bonds is 4. The first-order chi connectivity index (χ1) is 10.2. The van der Waals surface area contributed by atoms with Crippen molar-refractivity contribution in [3.8, 4) is 0 Å². The summed E-state index contributed by atoms with van der Waals surface area (Å²) in [4.78, 5) is 0. The van der Waals surface area contributed by atoms with E-state index in [0.29, 0.717) is 0 Å². The van der Waals surface area contributed by atoms with E-state index in [1.54, 1.807) is 0 Å². The minimum absolute atomic E-state index is 0.188. The van der Waals surface area contributed by atoms with Crippen LogP contribution in [-0.2, 0) is 17.3 Å². The average Bonchev–Trinajstić information content (AvgIpc) is 2.46. The summed E-state index contributed by atoms with van der Waals surface area (Å²) in [5.41, 5.74) is 6.09. The van der Waals surface area contributed by atoms with Crippen molar-refractivity contribution in [3.63, 3.8) is 0 Å². The highest BCUT2D eigenvalue weighted by atomic mass is 14.3. The van der Waals surface area contributed by atoms with Gasteiger partial charge in [-0.05, 0) is 47.3 Å². The molecule has 1 atom stereocenters. The Bertz CT molecular complexity index is 616. The smallest absolute Gasteiger partial charge is 0.00373 e. The largest absolute Gasteiger partial charge is 0.0645 e. The molecule has 0 aliphatic rings. The van der Waals surface area contributed by atoms with Crippen molar-refractivity contribution in [1.82, 2.24) is 0 Å². The number of hydrogen-bond donors (Lipinski definition) is 0. The molecular weight excluding hydrogens is 264 g/mol. The molecule has 0 saturated heterocycles. The summed E-state index contributed by atoms with van der Waals surface area (Å²) in [5, 5.41) is 0. The van der Waals surface area contributed by atoms with E-state index in [-0.39, 0.29) is 10.8 Å². The zero-order valence-electron chi connectivity index (χ0n) is 15.0. The summed E-state index contributed by atoms with van der Waals surface area (Å²) in [6, 6.07) is 18.0. The fourth-order valence-corrected chi connectivity index (χ4v) is 3.04. The van der Waals surface area contributed by atoms with Gasteiger partial charge in [-0.2, -0.15) is 0 Å². The van der Waals surface area contributed by atoms with Gasteiger partial charge in [0.25, 0.3) is 0 Å². The topological polar surface area (TPSA) is 0 Å². The molecule has 2 aromatic carbocycles. The van der Waals surface area contributed by atoms with Gasteiger partial charge in [-0.15, -0.1) is 0 Å². The molecule has 2 rings (SSSR count).